The first-order valence-corrected chi connectivity index (χ1v) is 10.6. The van der Waals surface area contributed by atoms with Crippen molar-refractivity contribution in [1.29, 1.82) is 0 Å². The van der Waals surface area contributed by atoms with Crippen LogP contribution >= 0.6 is 12.2 Å². The quantitative estimate of drug-likeness (QED) is 0.462. The fraction of sp³-hybridized carbons (Fsp3) is 0.684. The fourth-order valence-electron chi connectivity index (χ4n) is 3.09. The van der Waals surface area contributed by atoms with E-state index in [4.69, 9.17) is 21.7 Å². The topological polar surface area (TPSA) is 101 Å². The van der Waals surface area contributed by atoms with Gasteiger partial charge in [0.2, 0.25) is 5.91 Å². The molecule has 2 rings (SSSR count). The van der Waals surface area contributed by atoms with Crippen LogP contribution in [0.5, 0.6) is 0 Å². The first-order valence-electron chi connectivity index (χ1n) is 10.2. The minimum Gasteiger partial charge on any atom is -0.450 e. The molecule has 0 bridgehead atoms. The Kier molecular flexibility index (Phi) is 9.31. The maximum atomic E-state index is 12.9. The predicted octanol–water partition coefficient (Wildman–Crippen LogP) is 1.38. The second-order valence-electron chi connectivity index (χ2n) is 7.02. The van der Waals surface area contributed by atoms with E-state index in [2.05, 4.69) is 15.7 Å². The van der Waals surface area contributed by atoms with Gasteiger partial charge in [-0.1, -0.05) is 0 Å². The summed E-state index contributed by atoms with van der Waals surface area (Å²) in [6.07, 6.45) is 2.31. The number of carbonyl (C=O) groups is 2. The normalized spacial score (nSPS) is 14.9. The van der Waals surface area contributed by atoms with E-state index >= 15 is 0 Å². The summed E-state index contributed by atoms with van der Waals surface area (Å²) in [5.74, 6) is -0.0344. The van der Waals surface area contributed by atoms with Crippen LogP contribution in [0, 0.1) is 6.92 Å². The van der Waals surface area contributed by atoms with Gasteiger partial charge >= 0.3 is 6.09 Å². The molecule has 1 saturated heterocycles. The number of hydrogen-bond acceptors (Lipinski definition) is 6. The zero-order chi connectivity index (χ0) is 22.1. The average Bonchev–Trinajstić information content (AvgIpc) is 3.10. The smallest absolute Gasteiger partial charge is 0.409 e. The van der Waals surface area contributed by atoms with E-state index in [0.717, 1.165) is 17.8 Å². The van der Waals surface area contributed by atoms with E-state index in [1.165, 1.54) is 0 Å². The van der Waals surface area contributed by atoms with Gasteiger partial charge in [0, 0.05) is 52.6 Å². The number of aromatic nitrogens is 2. The number of hydrogen-bond donors (Lipinski definition) is 2. The van der Waals surface area contributed by atoms with Crippen molar-refractivity contribution in [2.45, 2.75) is 33.2 Å². The lowest BCUT2D eigenvalue weighted by Gasteiger charge is -2.35. The van der Waals surface area contributed by atoms with Crippen LogP contribution in [0.2, 0.25) is 0 Å². The minimum absolute atomic E-state index is 0.0344. The van der Waals surface area contributed by atoms with Crippen molar-refractivity contribution < 1.29 is 19.1 Å². The van der Waals surface area contributed by atoms with Gasteiger partial charge in [-0.3, -0.25) is 9.48 Å². The molecule has 1 aromatic heterocycles. The first-order chi connectivity index (χ1) is 14.4. The summed E-state index contributed by atoms with van der Waals surface area (Å²) in [5.41, 5.74) is 1.51. The molecule has 0 spiro atoms. The molecule has 1 aliphatic heterocycles. The number of thiocarbonyl (C=S) groups is 1. The van der Waals surface area contributed by atoms with Crippen LogP contribution in [-0.2, 0) is 14.3 Å². The van der Waals surface area contributed by atoms with Crippen LogP contribution < -0.4 is 10.6 Å². The van der Waals surface area contributed by atoms with Crippen molar-refractivity contribution >= 4 is 35.0 Å². The van der Waals surface area contributed by atoms with Crippen LogP contribution in [0.1, 0.15) is 32.0 Å². The lowest BCUT2D eigenvalue weighted by molar-refractivity contribution is -0.136. The molecule has 11 heteroatoms. The SMILES string of the molecule is CCOC(=O)N1CCN(C(=O)C(C)n2cc(NC(=S)NCCCOC)c(C)n2)CC1. The largest absolute Gasteiger partial charge is 0.450 e. The number of amides is 2. The molecule has 0 radical (unpaired) electrons. The number of carbonyl (C=O) groups excluding carboxylic acids is 2. The molecule has 0 aliphatic carbocycles. The van der Waals surface area contributed by atoms with Crippen molar-refractivity contribution in [2.75, 3.05) is 58.4 Å². The summed E-state index contributed by atoms with van der Waals surface area (Å²) in [5, 5.41) is 11.2. The third-order valence-corrected chi connectivity index (χ3v) is 5.09. The van der Waals surface area contributed by atoms with E-state index in [-0.39, 0.29) is 12.0 Å². The van der Waals surface area contributed by atoms with Crippen molar-refractivity contribution in [3.63, 3.8) is 0 Å². The fourth-order valence-corrected chi connectivity index (χ4v) is 3.30. The second kappa shape index (κ2) is 11.7. The first kappa shape index (κ1) is 23.9. The van der Waals surface area contributed by atoms with E-state index in [0.29, 0.717) is 51.0 Å². The molecule has 2 heterocycles. The zero-order valence-electron chi connectivity index (χ0n) is 18.1. The summed E-state index contributed by atoms with van der Waals surface area (Å²) in [7, 11) is 1.66. The predicted molar refractivity (Wildman–Crippen MR) is 118 cm³/mol. The molecule has 2 amide bonds. The molecule has 0 aromatic carbocycles. The molecular weight excluding hydrogens is 408 g/mol. The van der Waals surface area contributed by atoms with Crippen molar-refractivity contribution in [1.82, 2.24) is 24.9 Å². The van der Waals surface area contributed by atoms with E-state index in [1.807, 2.05) is 13.8 Å². The minimum atomic E-state index is -0.461. The molecule has 2 N–H and O–H groups in total. The van der Waals surface area contributed by atoms with Gasteiger partial charge in [-0.05, 0) is 39.4 Å². The Morgan fingerprint density at radius 1 is 1.27 bits per heavy atom. The Bertz CT molecular complexity index is 733. The molecule has 168 valence electrons. The summed E-state index contributed by atoms with van der Waals surface area (Å²) in [4.78, 5) is 28.1. The van der Waals surface area contributed by atoms with Crippen molar-refractivity contribution in [3.05, 3.63) is 11.9 Å². The molecule has 1 atom stereocenters. The van der Waals surface area contributed by atoms with E-state index in [1.54, 1.807) is 34.7 Å². The Morgan fingerprint density at radius 3 is 2.57 bits per heavy atom. The number of nitrogens with zero attached hydrogens (tertiary/aromatic N) is 4. The molecule has 30 heavy (non-hydrogen) atoms. The highest BCUT2D eigenvalue weighted by Gasteiger charge is 2.28. The number of aryl methyl sites for hydroxylation is 1. The summed E-state index contributed by atoms with van der Waals surface area (Å²) in [6, 6.07) is -0.461. The standard InChI is InChI=1S/C19H32N6O4S/c1-5-29-19(27)24-10-8-23(9-11-24)17(26)15(3)25-13-16(14(2)22-25)21-18(30)20-7-6-12-28-4/h13,15H,5-12H2,1-4H3,(H2,20,21,30). The lowest BCUT2D eigenvalue weighted by atomic mass is 10.2. The molecule has 1 aliphatic rings. The van der Waals surface area contributed by atoms with Crippen LogP contribution in [0.25, 0.3) is 0 Å². The number of methoxy groups -OCH3 is 1. The third-order valence-electron chi connectivity index (χ3n) is 4.85. The van der Waals surface area contributed by atoms with Gasteiger partial charge in [0.05, 0.1) is 18.0 Å². The van der Waals surface area contributed by atoms with Crippen molar-refractivity contribution in [2.24, 2.45) is 0 Å². The number of piperazine rings is 1. The Balaban J connectivity index is 1.89. The van der Waals surface area contributed by atoms with Crippen LogP contribution in [0.4, 0.5) is 10.5 Å². The number of nitrogens with one attached hydrogen (secondary N) is 2. The van der Waals surface area contributed by atoms with Gasteiger partial charge in [0.1, 0.15) is 6.04 Å². The van der Waals surface area contributed by atoms with Gasteiger partial charge in [-0.15, -0.1) is 0 Å². The Labute approximate surface area is 182 Å². The Morgan fingerprint density at radius 2 is 1.93 bits per heavy atom. The van der Waals surface area contributed by atoms with E-state index in [9.17, 15) is 9.59 Å². The van der Waals surface area contributed by atoms with Crippen LogP contribution in [0.3, 0.4) is 0 Å². The third kappa shape index (κ3) is 6.56. The maximum absolute atomic E-state index is 12.9. The van der Waals surface area contributed by atoms with E-state index < -0.39 is 6.04 Å². The summed E-state index contributed by atoms with van der Waals surface area (Å²) in [6.45, 7) is 9.05. The van der Waals surface area contributed by atoms with Gasteiger partial charge in [0.15, 0.2) is 5.11 Å². The highest BCUT2D eigenvalue weighted by Crippen LogP contribution is 2.18. The monoisotopic (exact) mass is 440 g/mol. The highest BCUT2D eigenvalue weighted by molar-refractivity contribution is 7.80. The number of ether oxygens (including phenoxy) is 2. The summed E-state index contributed by atoms with van der Waals surface area (Å²) >= 11 is 5.31. The van der Waals surface area contributed by atoms with Gasteiger partial charge in [-0.2, -0.15) is 5.10 Å². The molecule has 0 saturated carbocycles. The summed E-state index contributed by atoms with van der Waals surface area (Å²) < 4.78 is 11.7. The molecule has 1 fully saturated rings. The number of anilines is 1. The van der Waals surface area contributed by atoms with Crippen LogP contribution in [-0.4, -0.2) is 89.7 Å². The van der Waals surface area contributed by atoms with Crippen molar-refractivity contribution in [3.8, 4) is 0 Å². The number of rotatable bonds is 8. The second-order valence-corrected chi connectivity index (χ2v) is 7.43. The molecule has 10 nitrogen and oxygen atoms in total. The molecular formula is C19H32N6O4S. The van der Waals surface area contributed by atoms with Gasteiger partial charge < -0.3 is 29.9 Å². The molecule has 1 aromatic rings. The van der Waals surface area contributed by atoms with Gasteiger partial charge in [-0.25, -0.2) is 4.79 Å². The van der Waals surface area contributed by atoms with Crippen LogP contribution in [0.15, 0.2) is 6.20 Å². The zero-order valence-corrected chi connectivity index (χ0v) is 19.0. The highest BCUT2D eigenvalue weighted by atomic mass is 32.1. The average molecular weight is 441 g/mol. The van der Waals surface area contributed by atoms with Gasteiger partial charge in [0.25, 0.3) is 0 Å². The lowest BCUT2D eigenvalue weighted by Crippen LogP contribution is -2.52. The maximum Gasteiger partial charge on any atom is 0.409 e. The Hall–Kier alpha value is -2.40. The molecule has 1 unspecified atom stereocenters.